The number of piperidine rings is 1. The molecule has 1 aromatic carbocycles. The third kappa shape index (κ3) is 2.26. The molecule has 0 unspecified atom stereocenters. The Morgan fingerprint density at radius 2 is 2.17 bits per heavy atom. The predicted molar refractivity (Wildman–Crippen MR) is 73.3 cm³/mol. The van der Waals surface area contributed by atoms with Crippen LogP contribution in [0.1, 0.15) is 18.4 Å². The topological polar surface area (TPSA) is 29.5 Å². The van der Waals surface area contributed by atoms with E-state index in [2.05, 4.69) is 26.9 Å². The number of halogens is 1. The van der Waals surface area contributed by atoms with Crippen LogP contribution in [0.15, 0.2) is 22.7 Å². The molecule has 1 spiro atoms. The number of nitrogens with zero attached hydrogens (tertiary/aromatic N) is 1. The Labute approximate surface area is 116 Å². The number of likely N-dealkylation sites (tertiary alicyclic amines) is 1. The molecule has 0 aromatic heterocycles. The normalized spacial score (nSPS) is 21.4. The summed E-state index contributed by atoms with van der Waals surface area (Å²) in [7, 11) is 0.985. The zero-order valence-corrected chi connectivity index (χ0v) is 11.8. The summed E-state index contributed by atoms with van der Waals surface area (Å²) in [5.41, 5.74) is 1.27. The third-order valence-electron chi connectivity index (χ3n) is 3.96. The summed E-state index contributed by atoms with van der Waals surface area (Å²) in [4.78, 5) is 2.19. The van der Waals surface area contributed by atoms with Crippen LogP contribution in [0.2, 0.25) is 0 Å². The molecule has 0 bridgehead atoms. The summed E-state index contributed by atoms with van der Waals surface area (Å²) >= 11 is 3.50. The number of hydrogen-bond donors (Lipinski definition) is 0. The summed E-state index contributed by atoms with van der Waals surface area (Å²) in [5.74, 6) is 1.03. The summed E-state index contributed by atoms with van der Waals surface area (Å²) in [6, 6.07) is 6.23. The molecule has 1 aromatic rings. The second-order valence-electron chi connectivity index (χ2n) is 5.18. The summed E-state index contributed by atoms with van der Waals surface area (Å²) in [6.45, 7) is 1.90. The molecule has 3 nitrogen and oxygen atoms in total. The molecule has 0 radical (unpaired) electrons. The SMILES string of the molecule is O=BCN1CCC2(CC1)Cc1cc(Br)ccc1O2. The van der Waals surface area contributed by atoms with Gasteiger partial charge in [-0.15, -0.1) is 0 Å². The Hall–Kier alpha value is -0.675. The van der Waals surface area contributed by atoms with E-state index in [1.165, 1.54) is 5.56 Å². The summed E-state index contributed by atoms with van der Waals surface area (Å²) in [5, 5.41) is 0. The van der Waals surface area contributed by atoms with E-state index in [0.29, 0.717) is 6.44 Å². The fourth-order valence-corrected chi connectivity index (χ4v) is 3.34. The quantitative estimate of drug-likeness (QED) is 0.785. The van der Waals surface area contributed by atoms with Crippen LogP contribution < -0.4 is 4.74 Å². The van der Waals surface area contributed by atoms with Gasteiger partial charge in [-0.2, -0.15) is 0 Å². The van der Waals surface area contributed by atoms with Gasteiger partial charge in [0.2, 0.25) is 0 Å². The Morgan fingerprint density at radius 1 is 1.39 bits per heavy atom. The van der Waals surface area contributed by atoms with Crippen molar-refractivity contribution in [2.24, 2.45) is 0 Å². The number of fused-ring (bicyclic) bond motifs is 1. The number of benzene rings is 1. The van der Waals surface area contributed by atoms with Crippen molar-refractivity contribution in [3.05, 3.63) is 28.2 Å². The first-order chi connectivity index (χ1) is 8.71. The van der Waals surface area contributed by atoms with Crippen molar-refractivity contribution in [2.75, 3.05) is 19.5 Å². The molecule has 3 rings (SSSR count). The van der Waals surface area contributed by atoms with Crippen LogP contribution in [0.3, 0.4) is 0 Å². The Balaban J connectivity index is 1.72. The molecule has 1 fully saturated rings. The monoisotopic (exact) mass is 307 g/mol. The van der Waals surface area contributed by atoms with Gasteiger partial charge in [0.1, 0.15) is 0 Å². The van der Waals surface area contributed by atoms with Gasteiger partial charge in [0.05, 0.1) is 0 Å². The predicted octanol–water partition coefficient (Wildman–Crippen LogP) is 2.23. The Kier molecular flexibility index (Phi) is 3.28. The van der Waals surface area contributed by atoms with E-state index in [0.717, 1.165) is 49.7 Å². The molecule has 0 amide bonds. The van der Waals surface area contributed by atoms with E-state index in [9.17, 15) is 4.70 Å². The first kappa shape index (κ1) is 12.4. The van der Waals surface area contributed by atoms with Crippen LogP contribution in [0.25, 0.3) is 0 Å². The number of hydrogen-bond acceptors (Lipinski definition) is 3. The van der Waals surface area contributed by atoms with Gasteiger partial charge in [0, 0.05) is 0 Å². The molecule has 2 heterocycles. The molecule has 1 saturated heterocycles. The molecule has 18 heavy (non-hydrogen) atoms. The van der Waals surface area contributed by atoms with Crippen LogP contribution >= 0.6 is 15.9 Å². The van der Waals surface area contributed by atoms with Crippen LogP contribution in [0.4, 0.5) is 0 Å². The fourth-order valence-electron chi connectivity index (χ4n) is 2.93. The average molecular weight is 308 g/mol. The van der Waals surface area contributed by atoms with Crippen molar-refractivity contribution in [3.8, 4) is 5.75 Å². The molecule has 2 aliphatic rings. The van der Waals surface area contributed by atoms with Gasteiger partial charge >= 0.3 is 116 Å². The van der Waals surface area contributed by atoms with Crippen molar-refractivity contribution in [1.29, 1.82) is 0 Å². The van der Waals surface area contributed by atoms with Gasteiger partial charge in [0.15, 0.2) is 0 Å². The minimum absolute atomic E-state index is 0.0253. The molecular formula is C13H15BBrNO2. The van der Waals surface area contributed by atoms with E-state index >= 15 is 0 Å². The van der Waals surface area contributed by atoms with Crippen LogP contribution in [-0.2, 0) is 11.1 Å². The first-order valence-electron chi connectivity index (χ1n) is 6.34. The standard InChI is InChI=1S/C13H15BBrNO2/c15-11-1-2-12-10(7-11)8-13(18-12)3-5-16(6-4-13)9-14-17/h1-2,7H,3-6,8-9H2. The Morgan fingerprint density at radius 3 is 2.89 bits per heavy atom. The van der Waals surface area contributed by atoms with Gasteiger partial charge in [-0.3, -0.25) is 0 Å². The molecule has 0 atom stereocenters. The number of ether oxygens (including phenoxy) is 1. The zero-order chi connectivity index (χ0) is 12.6. The van der Waals surface area contributed by atoms with Crippen molar-refractivity contribution in [3.63, 3.8) is 0 Å². The second-order valence-corrected chi connectivity index (χ2v) is 6.10. The number of rotatable bonds is 2. The van der Waals surface area contributed by atoms with Crippen LogP contribution in [0.5, 0.6) is 5.75 Å². The van der Waals surface area contributed by atoms with E-state index in [-0.39, 0.29) is 5.60 Å². The Bertz CT molecular complexity index is 472. The van der Waals surface area contributed by atoms with Gasteiger partial charge in [-0.25, -0.2) is 0 Å². The van der Waals surface area contributed by atoms with Crippen molar-refractivity contribution >= 4 is 23.1 Å². The van der Waals surface area contributed by atoms with Crippen LogP contribution in [-0.4, -0.2) is 37.2 Å². The van der Waals surface area contributed by atoms with Gasteiger partial charge < -0.3 is 0 Å². The average Bonchev–Trinajstić information content (AvgIpc) is 2.70. The molecule has 94 valence electrons. The van der Waals surface area contributed by atoms with Gasteiger partial charge in [0.25, 0.3) is 0 Å². The molecule has 5 heteroatoms. The maximum absolute atomic E-state index is 10.5. The summed E-state index contributed by atoms with van der Waals surface area (Å²) in [6.07, 6.45) is 3.56. The summed E-state index contributed by atoms with van der Waals surface area (Å²) < 4.78 is 17.8. The van der Waals surface area contributed by atoms with Gasteiger partial charge in [-0.1, -0.05) is 0 Å². The van der Waals surface area contributed by atoms with E-state index < -0.39 is 0 Å². The minimum atomic E-state index is -0.0253. The molecule has 2 aliphatic heterocycles. The van der Waals surface area contributed by atoms with Gasteiger partial charge in [-0.05, 0) is 0 Å². The zero-order valence-electron chi connectivity index (χ0n) is 10.2. The van der Waals surface area contributed by atoms with Crippen LogP contribution in [0, 0.1) is 0 Å². The second kappa shape index (κ2) is 4.78. The van der Waals surface area contributed by atoms with E-state index in [1.54, 1.807) is 0 Å². The molecular weight excluding hydrogens is 293 g/mol. The maximum atomic E-state index is 10.5. The third-order valence-corrected chi connectivity index (χ3v) is 4.45. The van der Waals surface area contributed by atoms with E-state index in [4.69, 9.17) is 4.74 Å². The molecule has 0 saturated carbocycles. The van der Waals surface area contributed by atoms with Crippen molar-refractivity contribution < 1.29 is 9.44 Å². The first-order valence-corrected chi connectivity index (χ1v) is 7.14. The van der Waals surface area contributed by atoms with E-state index in [1.807, 2.05) is 12.1 Å². The molecule has 0 aliphatic carbocycles. The van der Waals surface area contributed by atoms with Crippen molar-refractivity contribution in [2.45, 2.75) is 24.9 Å². The molecule has 0 N–H and O–H groups in total. The fraction of sp³-hybridized carbons (Fsp3) is 0.538. The van der Waals surface area contributed by atoms with Crippen molar-refractivity contribution in [1.82, 2.24) is 4.90 Å².